The van der Waals surface area contributed by atoms with Crippen molar-refractivity contribution < 1.29 is 23.8 Å². The molecule has 1 N–H and O–H groups in total. The van der Waals surface area contributed by atoms with Gasteiger partial charge in [0.1, 0.15) is 12.1 Å². The fraction of sp³-hybridized carbons (Fsp3) is 0.400. The van der Waals surface area contributed by atoms with Crippen LogP contribution in [0.2, 0.25) is 5.02 Å². The molecular weight excluding hydrogens is 458 g/mol. The molecule has 1 saturated heterocycles. The molecule has 34 heavy (non-hydrogen) atoms. The Kier molecular flexibility index (Phi) is 8.61. The van der Waals surface area contributed by atoms with E-state index in [1.165, 1.54) is 14.2 Å². The lowest BCUT2D eigenvalue weighted by molar-refractivity contribution is -0.138. The van der Waals surface area contributed by atoms with Gasteiger partial charge in [-0.3, -0.25) is 9.59 Å². The first-order valence-corrected chi connectivity index (χ1v) is 11.3. The molecule has 0 aromatic heterocycles. The van der Waals surface area contributed by atoms with Crippen molar-refractivity contribution in [3.8, 4) is 23.3 Å². The largest absolute Gasteiger partial charge is 0.493 e. The monoisotopic (exact) mass is 485 g/mol. The maximum Gasteiger partial charge on any atom is 0.244 e. The number of hydrogen-bond acceptors (Lipinski definition) is 6. The van der Waals surface area contributed by atoms with Gasteiger partial charge in [0.2, 0.25) is 17.6 Å². The molecule has 1 fully saturated rings. The number of nitrogens with one attached hydrogen (secondary N) is 1. The molecule has 0 bridgehead atoms. The zero-order chi connectivity index (χ0) is 24.7. The molecule has 1 heterocycles. The third kappa shape index (κ3) is 5.54. The van der Waals surface area contributed by atoms with E-state index in [2.05, 4.69) is 11.4 Å². The summed E-state index contributed by atoms with van der Waals surface area (Å²) < 4.78 is 16.2. The second-order valence-corrected chi connectivity index (χ2v) is 8.30. The lowest BCUT2D eigenvalue weighted by Crippen LogP contribution is -2.46. The van der Waals surface area contributed by atoms with Crippen LogP contribution in [-0.2, 0) is 16.0 Å². The molecule has 1 unspecified atom stereocenters. The van der Waals surface area contributed by atoms with Gasteiger partial charge < -0.3 is 24.4 Å². The number of carbonyl (C=O) groups is 2. The van der Waals surface area contributed by atoms with Crippen molar-refractivity contribution >= 4 is 23.4 Å². The predicted molar refractivity (Wildman–Crippen MR) is 127 cm³/mol. The van der Waals surface area contributed by atoms with E-state index in [9.17, 15) is 14.9 Å². The van der Waals surface area contributed by atoms with Gasteiger partial charge in [-0.1, -0.05) is 29.8 Å². The summed E-state index contributed by atoms with van der Waals surface area (Å²) >= 11 is 6.02. The summed E-state index contributed by atoms with van der Waals surface area (Å²) in [6, 6.07) is 11.0. The number of amides is 2. The van der Waals surface area contributed by atoms with Crippen molar-refractivity contribution in [3.63, 3.8) is 0 Å². The molecular formula is C25H28ClN3O5. The molecule has 1 aliphatic rings. The van der Waals surface area contributed by atoms with E-state index >= 15 is 0 Å². The minimum Gasteiger partial charge on any atom is -0.493 e. The maximum atomic E-state index is 13.0. The Morgan fingerprint density at radius 3 is 2.59 bits per heavy atom. The molecule has 2 atom stereocenters. The summed E-state index contributed by atoms with van der Waals surface area (Å²) in [5, 5.41) is 12.8. The summed E-state index contributed by atoms with van der Waals surface area (Å²) in [5.41, 5.74) is 1.40. The summed E-state index contributed by atoms with van der Waals surface area (Å²) in [6.07, 6.45) is 1.88. The van der Waals surface area contributed by atoms with E-state index in [0.717, 1.165) is 12.0 Å². The van der Waals surface area contributed by atoms with E-state index in [0.29, 0.717) is 47.2 Å². The van der Waals surface area contributed by atoms with Crippen molar-refractivity contribution in [2.75, 3.05) is 27.9 Å². The molecule has 2 amide bonds. The van der Waals surface area contributed by atoms with Crippen LogP contribution in [0.1, 0.15) is 36.4 Å². The van der Waals surface area contributed by atoms with Crippen LogP contribution in [0.5, 0.6) is 17.2 Å². The van der Waals surface area contributed by atoms with Gasteiger partial charge in [0.25, 0.3) is 0 Å². The molecule has 0 spiro atoms. The number of benzene rings is 2. The van der Waals surface area contributed by atoms with Crippen LogP contribution < -0.4 is 19.5 Å². The second-order valence-electron chi connectivity index (χ2n) is 7.86. The lowest BCUT2D eigenvalue weighted by Gasteiger charge is -2.25. The van der Waals surface area contributed by atoms with Crippen LogP contribution in [0.25, 0.3) is 0 Å². The Balaban J connectivity index is 1.67. The van der Waals surface area contributed by atoms with Crippen molar-refractivity contribution in [2.45, 2.75) is 37.8 Å². The molecule has 8 nitrogen and oxygen atoms in total. The number of nitriles is 1. The van der Waals surface area contributed by atoms with Crippen LogP contribution in [0.15, 0.2) is 36.4 Å². The van der Waals surface area contributed by atoms with E-state index in [4.69, 9.17) is 25.8 Å². The van der Waals surface area contributed by atoms with Crippen LogP contribution in [0, 0.1) is 11.3 Å². The smallest absolute Gasteiger partial charge is 0.244 e. The van der Waals surface area contributed by atoms with Gasteiger partial charge in [0.15, 0.2) is 11.5 Å². The highest BCUT2D eigenvalue weighted by atomic mass is 35.5. The van der Waals surface area contributed by atoms with E-state index in [-0.39, 0.29) is 18.2 Å². The number of halogens is 1. The topological polar surface area (TPSA) is 101 Å². The number of ether oxygens (including phenoxy) is 3. The van der Waals surface area contributed by atoms with Crippen LogP contribution in [0.3, 0.4) is 0 Å². The average molecular weight is 486 g/mol. The third-order valence-corrected chi connectivity index (χ3v) is 6.10. The Labute approximate surface area is 204 Å². The van der Waals surface area contributed by atoms with Gasteiger partial charge in [-0.05, 0) is 48.6 Å². The first-order valence-electron chi connectivity index (χ1n) is 11.0. The van der Waals surface area contributed by atoms with Gasteiger partial charge in [-0.2, -0.15) is 5.26 Å². The molecule has 1 aliphatic heterocycles. The second kappa shape index (κ2) is 11.6. The highest BCUT2D eigenvalue weighted by molar-refractivity contribution is 6.30. The maximum absolute atomic E-state index is 13.0. The number of hydrogen-bond donors (Lipinski definition) is 1. The van der Waals surface area contributed by atoms with Crippen LogP contribution in [0.4, 0.5) is 0 Å². The zero-order valence-corrected chi connectivity index (χ0v) is 20.2. The van der Waals surface area contributed by atoms with Gasteiger partial charge in [0, 0.05) is 18.0 Å². The third-order valence-electron chi connectivity index (χ3n) is 5.87. The quantitative estimate of drug-likeness (QED) is 0.581. The Hall–Kier alpha value is -3.44. The van der Waals surface area contributed by atoms with Gasteiger partial charge in [0.05, 0.1) is 27.4 Å². The van der Waals surface area contributed by atoms with E-state index < -0.39 is 12.1 Å². The first-order chi connectivity index (χ1) is 16.4. The Morgan fingerprint density at radius 2 is 1.94 bits per heavy atom. The normalized spacial score (nSPS) is 15.9. The molecule has 0 aliphatic carbocycles. The van der Waals surface area contributed by atoms with Gasteiger partial charge >= 0.3 is 0 Å². The fourth-order valence-electron chi connectivity index (χ4n) is 4.20. The molecule has 9 heteroatoms. The standard InChI is InChI=1S/C25H28ClN3O5/c1-32-21-11-9-16(23(33-2)24(21)34-3)10-12-22(30)29-13-5-8-20(29)25(31)28-19(15-27)17-6-4-7-18(26)14-17/h4,6-7,9,11,14,19-20H,5,8,10,12-13H2,1-3H3,(H,28,31)/t19?,20-/m0/s1. The molecule has 2 aromatic carbocycles. The van der Waals surface area contributed by atoms with Crippen molar-refractivity contribution in [3.05, 3.63) is 52.5 Å². The van der Waals surface area contributed by atoms with Crippen LogP contribution in [-0.4, -0.2) is 50.6 Å². The number of methoxy groups -OCH3 is 3. The molecule has 2 aromatic rings. The van der Waals surface area contributed by atoms with Crippen molar-refractivity contribution in [1.29, 1.82) is 5.26 Å². The summed E-state index contributed by atoms with van der Waals surface area (Å²) in [5.74, 6) is 1.05. The molecule has 0 saturated carbocycles. The number of likely N-dealkylation sites (tertiary alicyclic amines) is 1. The molecule has 3 rings (SSSR count). The summed E-state index contributed by atoms with van der Waals surface area (Å²) in [7, 11) is 4.61. The number of nitrogens with zero attached hydrogens (tertiary/aromatic N) is 2. The first kappa shape index (κ1) is 25.2. The highest BCUT2D eigenvalue weighted by Crippen LogP contribution is 2.40. The van der Waals surface area contributed by atoms with E-state index in [1.807, 2.05) is 6.07 Å². The number of carbonyl (C=O) groups excluding carboxylic acids is 2. The van der Waals surface area contributed by atoms with Crippen molar-refractivity contribution in [2.24, 2.45) is 0 Å². The highest BCUT2D eigenvalue weighted by Gasteiger charge is 2.35. The number of aryl methyl sites for hydroxylation is 1. The van der Waals surface area contributed by atoms with Crippen molar-refractivity contribution in [1.82, 2.24) is 10.2 Å². The lowest BCUT2D eigenvalue weighted by atomic mass is 10.1. The summed E-state index contributed by atoms with van der Waals surface area (Å²) in [6.45, 7) is 0.494. The zero-order valence-electron chi connectivity index (χ0n) is 19.5. The van der Waals surface area contributed by atoms with Crippen LogP contribution >= 0.6 is 11.6 Å². The minimum absolute atomic E-state index is 0.134. The van der Waals surface area contributed by atoms with E-state index in [1.54, 1.807) is 42.3 Å². The predicted octanol–water partition coefficient (Wildman–Crippen LogP) is 3.67. The molecule has 0 radical (unpaired) electrons. The Morgan fingerprint density at radius 1 is 1.18 bits per heavy atom. The van der Waals surface area contributed by atoms with Gasteiger partial charge in [-0.25, -0.2) is 0 Å². The minimum atomic E-state index is -0.847. The fourth-order valence-corrected chi connectivity index (χ4v) is 4.40. The average Bonchev–Trinajstić information content (AvgIpc) is 3.35. The van der Waals surface area contributed by atoms with Gasteiger partial charge in [-0.15, -0.1) is 0 Å². The SMILES string of the molecule is COc1ccc(CCC(=O)N2CCC[C@H]2C(=O)NC(C#N)c2cccc(Cl)c2)c(OC)c1OC. The number of rotatable bonds is 9. The Bertz CT molecular complexity index is 1080. The summed E-state index contributed by atoms with van der Waals surface area (Å²) in [4.78, 5) is 27.6. The molecule has 180 valence electrons.